The molecule has 0 unspecified atom stereocenters. The van der Waals surface area contributed by atoms with Crippen LogP contribution in [0.4, 0.5) is 0 Å². The van der Waals surface area contributed by atoms with E-state index in [9.17, 15) is 0 Å². The molecule has 0 aromatic carbocycles. The van der Waals surface area contributed by atoms with Crippen molar-refractivity contribution in [3.8, 4) is 0 Å². The third-order valence-corrected chi connectivity index (χ3v) is 1.82. The van der Waals surface area contributed by atoms with E-state index in [4.69, 9.17) is 9.90 Å². The Bertz CT molecular complexity index is 293. The van der Waals surface area contributed by atoms with Gasteiger partial charge in [0.15, 0.2) is 12.4 Å². The molecule has 1 aromatic heterocycles. The molecule has 0 aliphatic heterocycles. The largest absolute Gasteiger partial charge is 0.550 e. The third kappa shape index (κ3) is 7.67. The molecule has 15 heavy (non-hydrogen) atoms. The quantitative estimate of drug-likeness (QED) is 0.688. The summed E-state index contributed by atoms with van der Waals surface area (Å²) in [7, 11) is 0. The van der Waals surface area contributed by atoms with Crippen molar-refractivity contribution in [2.45, 2.75) is 40.2 Å². The van der Waals surface area contributed by atoms with Gasteiger partial charge in [-0.3, -0.25) is 0 Å². The van der Waals surface area contributed by atoms with E-state index in [1.165, 1.54) is 18.4 Å². The van der Waals surface area contributed by atoms with Gasteiger partial charge in [-0.05, 0) is 26.3 Å². The van der Waals surface area contributed by atoms with Crippen molar-refractivity contribution in [3.05, 3.63) is 30.1 Å². The van der Waals surface area contributed by atoms with Crippen LogP contribution in [0.3, 0.4) is 0 Å². The maximum Gasteiger partial charge on any atom is 0.171 e. The van der Waals surface area contributed by atoms with Crippen LogP contribution in [-0.2, 0) is 17.8 Å². The number of carbonyl (C=O) groups is 1. The normalized spacial score (nSPS) is 9.00. The van der Waals surface area contributed by atoms with Gasteiger partial charge in [0.25, 0.3) is 0 Å². The predicted molar refractivity (Wildman–Crippen MR) is 57.0 cm³/mol. The predicted octanol–water partition coefficient (Wildman–Crippen LogP) is 0.703. The smallest absolute Gasteiger partial charge is 0.171 e. The van der Waals surface area contributed by atoms with Gasteiger partial charge in [0.1, 0.15) is 6.54 Å². The fourth-order valence-electron chi connectivity index (χ4n) is 1.21. The Balaban J connectivity index is 0.000000423. The Morgan fingerprint density at radius 3 is 2.53 bits per heavy atom. The molecule has 0 radical (unpaired) electrons. The van der Waals surface area contributed by atoms with Gasteiger partial charge in [-0.2, -0.15) is 0 Å². The van der Waals surface area contributed by atoms with Gasteiger partial charge in [-0.25, -0.2) is 4.57 Å². The van der Waals surface area contributed by atoms with E-state index in [1.807, 2.05) is 0 Å². The Morgan fingerprint density at radius 2 is 2.07 bits per heavy atom. The molecule has 0 aliphatic rings. The lowest BCUT2D eigenvalue weighted by molar-refractivity contribution is -0.694. The number of pyridine rings is 1. The third-order valence-electron chi connectivity index (χ3n) is 1.82. The average Bonchev–Trinajstić information content (AvgIpc) is 2.18. The summed E-state index contributed by atoms with van der Waals surface area (Å²) in [6, 6.07) is 4.31. The lowest BCUT2D eigenvalue weighted by atomic mass is 10.2. The molecule has 1 aromatic rings. The van der Waals surface area contributed by atoms with Crippen LogP contribution in [-0.4, -0.2) is 5.97 Å². The highest BCUT2D eigenvalue weighted by Gasteiger charge is 1.97. The van der Waals surface area contributed by atoms with Crippen LogP contribution in [0.2, 0.25) is 0 Å². The highest BCUT2D eigenvalue weighted by Crippen LogP contribution is 1.97. The number of carboxylic acids is 1. The average molecular weight is 209 g/mol. The molecule has 1 heterocycles. The SMILES string of the molecule is CC(=O)[O-].CCCc1ccc[n+](CC)c1. The van der Waals surface area contributed by atoms with Gasteiger partial charge in [-0.1, -0.05) is 13.3 Å². The molecule has 0 saturated carbocycles. The van der Waals surface area contributed by atoms with E-state index >= 15 is 0 Å². The first kappa shape index (κ1) is 13.6. The van der Waals surface area contributed by atoms with E-state index < -0.39 is 5.97 Å². The van der Waals surface area contributed by atoms with Crippen LogP contribution >= 0.6 is 0 Å². The van der Waals surface area contributed by atoms with Gasteiger partial charge in [0, 0.05) is 17.6 Å². The fourth-order valence-corrected chi connectivity index (χ4v) is 1.21. The highest BCUT2D eigenvalue weighted by molar-refractivity contribution is 5.60. The zero-order chi connectivity index (χ0) is 11.7. The minimum Gasteiger partial charge on any atom is -0.550 e. The molecule has 1 rings (SSSR count). The summed E-state index contributed by atoms with van der Waals surface area (Å²) in [5, 5.41) is 8.89. The molecule has 0 aliphatic carbocycles. The Morgan fingerprint density at radius 1 is 1.47 bits per heavy atom. The summed E-state index contributed by atoms with van der Waals surface area (Å²) in [6.45, 7) is 6.41. The zero-order valence-electron chi connectivity index (χ0n) is 9.69. The number of hydrogen-bond donors (Lipinski definition) is 0. The van der Waals surface area contributed by atoms with E-state index in [-0.39, 0.29) is 0 Å². The minimum absolute atomic E-state index is 0.972. The minimum atomic E-state index is -1.08. The fraction of sp³-hybridized carbons (Fsp3) is 0.500. The number of nitrogens with zero attached hydrogens (tertiary/aromatic N) is 1. The summed E-state index contributed by atoms with van der Waals surface area (Å²) in [4.78, 5) is 8.89. The number of rotatable bonds is 3. The van der Waals surface area contributed by atoms with Crippen molar-refractivity contribution >= 4 is 5.97 Å². The molecule has 0 bridgehead atoms. The van der Waals surface area contributed by atoms with Crippen LogP contribution < -0.4 is 9.67 Å². The van der Waals surface area contributed by atoms with Crippen molar-refractivity contribution in [3.63, 3.8) is 0 Å². The summed E-state index contributed by atoms with van der Waals surface area (Å²) in [5.74, 6) is -1.08. The van der Waals surface area contributed by atoms with Crippen LogP contribution in [0.1, 0.15) is 32.8 Å². The molecule has 0 spiro atoms. The van der Waals surface area contributed by atoms with Gasteiger partial charge in [-0.15, -0.1) is 0 Å². The molecular weight excluding hydrogens is 190 g/mol. The summed E-state index contributed by atoms with van der Waals surface area (Å²) < 4.78 is 2.21. The molecule has 0 saturated heterocycles. The maximum atomic E-state index is 8.89. The molecule has 0 fully saturated rings. The van der Waals surface area contributed by atoms with Gasteiger partial charge < -0.3 is 9.90 Å². The van der Waals surface area contributed by atoms with E-state index in [1.54, 1.807) is 0 Å². The second-order valence-electron chi connectivity index (χ2n) is 3.28. The summed E-state index contributed by atoms with van der Waals surface area (Å²) in [6.07, 6.45) is 6.76. The van der Waals surface area contributed by atoms with Crippen LogP contribution in [0.25, 0.3) is 0 Å². The first-order chi connectivity index (χ1) is 7.10. The molecule has 84 valence electrons. The lowest BCUT2D eigenvalue weighted by Gasteiger charge is -1.95. The molecular formula is C12H19NO2. The van der Waals surface area contributed by atoms with E-state index in [0.717, 1.165) is 13.5 Å². The number of aliphatic carboxylic acids is 1. The maximum absolute atomic E-state index is 8.89. The summed E-state index contributed by atoms with van der Waals surface area (Å²) in [5.41, 5.74) is 1.44. The Kier molecular flexibility index (Phi) is 7.24. The number of carbonyl (C=O) groups excluding carboxylic acids is 1. The van der Waals surface area contributed by atoms with Crippen molar-refractivity contribution in [2.75, 3.05) is 0 Å². The topological polar surface area (TPSA) is 44.0 Å². The van der Waals surface area contributed by atoms with E-state index in [2.05, 4.69) is 42.9 Å². The second kappa shape index (κ2) is 7.97. The van der Waals surface area contributed by atoms with Crippen molar-refractivity contribution in [1.82, 2.24) is 0 Å². The number of hydrogen-bond acceptors (Lipinski definition) is 2. The number of aromatic nitrogens is 1. The van der Waals surface area contributed by atoms with E-state index in [0.29, 0.717) is 0 Å². The van der Waals surface area contributed by atoms with Crippen LogP contribution in [0.15, 0.2) is 24.5 Å². The van der Waals surface area contributed by atoms with Gasteiger partial charge in [0.05, 0.1) is 0 Å². The second-order valence-corrected chi connectivity index (χ2v) is 3.28. The number of aryl methyl sites for hydroxylation is 2. The highest BCUT2D eigenvalue weighted by atomic mass is 16.4. The molecule has 0 atom stereocenters. The van der Waals surface area contributed by atoms with Crippen LogP contribution in [0, 0.1) is 0 Å². The zero-order valence-corrected chi connectivity index (χ0v) is 9.69. The monoisotopic (exact) mass is 209 g/mol. The molecule has 3 heteroatoms. The Hall–Kier alpha value is -1.38. The summed E-state index contributed by atoms with van der Waals surface area (Å²) >= 11 is 0. The Labute approximate surface area is 91.4 Å². The van der Waals surface area contributed by atoms with Crippen molar-refractivity contribution in [1.29, 1.82) is 0 Å². The van der Waals surface area contributed by atoms with Crippen LogP contribution in [0.5, 0.6) is 0 Å². The first-order valence-electron chi connectivity index (χ1n) is 5.25. The van der Waals surface area contributed by atoms with Crippen molar-refractivity contribution < 1.29 is 14.5 Å². The molecule has 0 amide bonds. The first-order valence-corrected chi connectivity index (χ1v) is 5.25. The lowest BCUT2D eigenvalue weighted by Crippen LogP contribution is -2.31. The van der Waals surface area contributed by atoms with Crippen molar-refractivity contribution in [2.24, 2.45) is 0 Å². The van der Waals surface area contributed by atoms with Gasteiger partial charge in [0.2, 0.25) is 0 Å². The molecule has 3 nitrogen and oxygen atoms in total. The van der Waals surface area contributed by atoms with Gasteiger partial charge >= 0.3 is 0 Å². The molecule has 0 N–H and O–H groups in total. The standard InChI is InChI=1S/C10H16N.C2H4O2/c1-3-6-10-7-5-8-11(4-2)9-10;1-2(3)4/h5,7-9H,3-4,6H2,1-2H3;1H3,(H,3,4)/q+1;/p-1. The number of carboxylic acid groups (broad SMARTS) is 1.